The maximum absolute atomic E-state index is 13.6. The maximum Gasteiger partial charge on any atom is 0.453 e. The zero-order valence-electron chi connectivity index (χ0n) is 24.6. The molecule has 7 nitrogen and oxygen atoms in total. The van der Waals surface area contributed by atoms with Crippen LogP contribution in [0.15, 0.2) is 18.2 Å². The number of hydrogen-bond acceptors (Lipinski definition) is 6. The van der Waals surface area contributed by atoms with E-state index in [-0.39, 0.29) is 17.2 Å². The number of nitrogens with zero attached hydrogens (tertiary/aromatic N) is 3. The molecular weight excluding hydrogens is 638 g/mol. The minimum atomic E-state index is -5.62. The van der Waals surface area contributed by atoms with Gasteiger partial charge in [-0.15, -0.1) is 0 Å². The first-order valence-corrected chi connectivity index (χ1v) is 15.9. The van der Waals surface area contributed by atoms with E-state index in [9.17, 15) is 48.9 Å². The van der Waals surface area contributed by atoms with Crippen LogP contribution in [-0.2, 0) is 31.3 Å². The SMILES string of the molecule is CC12CN(CCCCCCS(=O)CCCC(F)(F)C(F)(F)F)C[C@](C)(O1)C1C(=O)N(c3ccc(C#N)c(C(F)(F)F)c3)C(=O)[C@@H]12. The van der Waals surface area contributed by atoms with E-state index in [2.05, 4.69) is 4.90 Å². The third kappa shape index (κ3) is 7.05. The quantitative estimate of drug-likeness (QED) is 0.158. The number of amides is 2. The molecule has 3 aliphatic rings. The van der Waals surface area contributed by atoms with Gasteiger partial charge >= 0.3 is 18.3 Å². The number of anilines is 1. The molecule has 3 unspecified atom stereocenters. The number of alkyl halides is 8. The van der Waals surface area contributed by atoms with Crippen molar-refractivity contribution in [2.75, 3.05) is 36.0 Å². The topological polar surface area (TPSA) is 90.7 Å². The van der Waals surface area contributed by atoms with E-state index in [1.807, 2.05) is 0 Å². The van der Waals surface area contributed by atoms with E-state index >= 15 is 0 Å². The predicted octanol–water partition coefficient (Wildman–Crippen LogP) is 5.83. The Morgan fingerprint density at radius 3 is 2.00 bits per heavy atom. The Morgan fingerprint density at radius 2 is 1.47 bits per heavy atom. The van der Waals surface area contributed by atoms with Crippen LogP contribution in [0, 0.1) is 23.2 Å². The first kappa shape index (κ1) is 35.2. The van der Waals surface area contributed by atoms with Gasteiger partial charge in [-0.3, -0.25) is 18.7 Å². The molecule has 1 aromatic rings. The van der Waals surface area contributed by atoms with Crippen LogP contribution in [0.3, 0.4) is 0 Å². The van der Waals surface area contributed by atoms with Crippen molar-refractivity contribution in [3.63, 3.8) is 0 Å². The minimum Gasteiger partial charge on any atom is -0.365 e. The Labute approximate surface area is 257 Å². The van der Waals surface area contributed by atoms with Gasteiger partial charge in [0, 0.05) is 41.8 Å². The Kier molecular flexibility index (Phi) is 9.80. The van der Waals surface area contributed by atoms with Crippen LogP contribution in [0.5, 0.6) is 0 Å². The van der Waals surface area contributed by atoms with Crippen molar-refractivity contribution in [3.8, 4) is 6.07 Å². The summed E-state index contributed by atoms with van der Waals surface area (Å²) in [4.78, 5) is 30.0. The van der Waals surface area contributed by atoms with Gasteiger partial charge in [0.2, 0.25) is 11.8 Å². The second kappa shape index (κ2) is 12.5. The van der Waals surface area contributed by atoms with Gasteiger partial charge in [0.1, 0.15) is 0 Å². The third-order valence-electron chi connectivity index (χ3n) is 8.72. The van der Waals surface area contributed by atoms with Crippen molar-refractivity contribution in [1.82, 2.24) is 4.90 Å². The summed E-state index contributed by atoms with van der Waals surface area (Å²) in [6.45, 7) is 4.59. The van der Waals surface area contributed by atoms with Gasteiger partial charge in [0.25, 0.3) is 0 Å². The predicted molar refractivity (Wildman–Crippen MR) is 147 cm³/mol. The summed E-state index contributed by atoms with van der Waals surface area (Å²) in [5, 5.41) is 9.09. The number of halogens is 8. The minimum absolute atomic E-state index is 0.194. The Balaban J connectivity index is 1.29. The highest BCUT2D eigenvalue weighted by Crippen LogP contribution is 2.55. The van der Waals surface area contributed by atoms with Gasteiger partial charge in [-0.2, -0.15) is 40.4 Å². The van der Waals surface area contributed by atoms with Gasteiger partial charge < -0.3 is 4.74 Å². The van der Waals surface area contributed by atoms with E-state index in [1.165, 1.54) is 6.07 Å². The third-order valence-corrected chi connectivity index (χ3v) is 10.2. The normalized spacial score (nSPS) is 28.0. The fourth-order valence-electron chi connectivity index (χ4n) is 6.83. The number of likely N-dealkylation sites (tertiary alicyclic amines) is 1. The molecule has 0 spiro atoms. The van der Waals surface area contributed by atoms with E-state index in [0.29, 0.717) is 51.4 Å². The van der Waals surface area contributed by atoms with Crippen molar-refractivity contribution in [2.24, 2.45) is 11.8 Å². The standard InChI is InChI=1S/C29H33F8N3O4S/c1-25-16-39(11-5-3-4-6-12-45(43)13-7-10-27(30,31)29(35,36)37)17-26(2,44-25)22-21(25)23(41)40(24(22)42)19-9-8-18(15-38)20(14-19)28(32,33)34/h8-9,14,21-22H,3-7,10-13,16-17H2,1-2H3/t21-,22?,25?,26+,45?/m1/s1. The molecule has 45 heavy (non-hydrogen) atoms. The molecule has 1 aromatic carbocycles. The van der Waals surface area contributed by atoms with E-state index in [4.69, 9.17) is 10.00 Å². The molecule has 3 fully saturated rings. The molecule has 0 N–H and O–H groups in total. The van der Waals surface area contributed by atoms with Gasteiger partial charge in [-0.05, 0) is 57.9 Å². The van der Waals surface area contributed by atoms with Crippen molar-refractivity contribution in [1.29, 1.82) is 5.26 Å². The zero-order chi connectivity index (χ0) is 33.6. The van der Waals surface area contributed by atoms with Crippen LogP contribution in [0.4, 0.5) is 40.8 Å². The molecule has 0 aromatic heterocycles. The second-order valence-corrected chi connectivity index (χ2v) is 14.0. The summed E-state index contributed by atoms with van der Waals surface area (Å²) >= 11 is 0. The number of carbonyl (C=O) groups is 2. The van der Waals surface area contributed by atoms with Gasteiger partial charge in [-0.25, -0.2) is 4.90 Å². The summed E-state index contributed by atoms with van der Waals surface area (Å²) in [6, 6.07) is 4.21. The number of rotatable bonds is 12. The monoisotopic (exact) mass is 671 g/mol. The van der Waals surface area contributed by atoms with Gasteiger partial charge in [-0.1, -0.05) is 12.8 Å². The average Bonchev–Trinajstić information content (AvgIpc) is 3.29. The number of nitriles is 1. The molecule has 2 bridgehead atoms. The second-order valence-electron chi connectivity index (χ2n) is 12.3. The number of morpholine rings is 1. The van der Waals surface area contributed by atoms with E-state index in [0.717, 1.165) is 17.0 Å². The molecule has 0 saturated carbocycles. The molecule has 4 rings (SSSR count). The van der Waals surface area contributed by atoms with Gasteiger partial charge in [0.15, 0.2) is 0 Å². The average molecular weight is 672 g/mol. The molecular formula is C29H33F8N3O4S. The van der Waals surface area contributed by atoms with Crippen LogP contribution < -0.4 is 4.90 Å². The molecule has 0 aliphatic carbocycles. The van der Waals surface area contributed by atoms with E-state index < -0.39 is 87.9 Å². The lowest BCUT2D eigenvalue weighted by Crippen LogP contribution is -2.58. The molecule has 3 saturated heterocycles. The number of carbonyl (C=O) groups excluding carboxylic acids is 2. The Morgan fingerprint density at radius 1 is 0.911 bits per heavy atom. The van der Waals surface area contributed by atoms with Crippen LogP contribution in [0.1, 0.15) is 63.5 Å². The number of hydrogen-bond donors (Lipinski definition) is 0. The fraction of sp³-hybridized carbons (Fsp3) is 0.690. The maximum atomic E-state index is 13.6. The van der Waals surface area contributed by atoms with E-state index in [1.54, 1.807) is 13.8 Å². The number of benzene rings is 1. The molecule has 2 amide bonds. The highest BCUT2D eigenvalue weighted by Gasteiger charge is 2.71. The van der Waals surface area contributed by atoms with Crippen molar-refractivity contribution in [3.05, 3.63) is 29.3 Å². The molecule has 16 heteroatoms. The number of unbranched alkanes of at least 4 members (excludes halogenated alkanes) is 3. The summed E-state index contributed by atoms with van der Waals surface area (Å²) in [5.74, 6) is -8.00. The summed E-state index contributed by atoms with van der Waals surface area (Å²) in [5.41, 5.74) is -4.29. The lowest BCUT2D eigenvalue weighted by Gasteiger charge is -2.45. The number of fused-ring (bicyclic) bond motifs is 5. The zero-order valence-corrected chi connectivity index (χ0v) is 25.4. The molecule has 3 aliphatic heterocycles. The Hall–Kier alpha value is -2.64. The van der Waals surface area contributed by atoms with Crippen LogP contribution in [-0.4, -0.2) is 75.4 Å². The van der Waals surface area contributed by atoms with Crippen LogP contribution in [0.2, 0.25) is 0 Å². The number of ether oxygens (including phenoxy) is 1. The van der Waals surface area contributed by atoms with Crippen molar-refractivity contribution < 1.29 is 53.7 Å². The van der Waals surface area contributed by atoms with Crippen LogP contribution >= 0.6 is 0 Å². The molecule has 0 radical (unpaired) electrons. The number of imide groups is 1. The first-order chi connectivity index (χ1) is 20.7. The summed E-state index contributed by atoms with van der Waals surface area (Å²) in [7, 11) is -1.50. The first-order valence-electron chi connectivity index (χ1n) is 14.5. The molecule has 250 valence electrons. The van der Waals surface area contributed by atoms with Gasteiger partial charge in [0.05, 0.1) is 45.9 Å². The lowest BCUT2D eigenvalue weighted by atomic mass is 9.79. The Bertz CT molecular complexity index is 1340. The van der Waals surface area contributed by atoms with Crippen molar-refractivity contribution in [2.45, 2.75) is 81.8 Å². The summed E-state index contributed by atoms with van der Waals surface area (Å²) in [6.07, 6.45) is -9.80. The highest BCUT2D eigenvalue weighted by atomic mass is 32.2. The van der Waals surface area contributed by atoms with Crippen LogP contribution in [0.25, 0.3) is 0 Å². The largest absolute Gasteiger partial charge is 0.453 e. The highest BCUT2D eigenvalue weighted by molar-refractivity contribution is 7.84. The lowest BCUT2D eigenvalue weighted by molar-refractivity contribution is -0.284. The summed E-state index contributed by atoms with van der Waals surface area (Å²) < 4.78 is 122. The fourth-order valence-corrected chi connectivity index (χ4v) is 8.03. The smallest absolute Gasteiger partial charge is 0.365 e. The van der Waals surface area contributed by atoms with Crippen molar-refractivity contribution >= 4 is 28.3 Å². The molecule has 5 atom stereocenters. The molecule has 3 heterocycles.